The SMILES string of the molecule is COc1ccc(C)c2sc(N(CCCN(C)C)C(=O)c3cccc(C(F)(F)F)c3)nc12.Cl. The number of methoxy groups -OCH3 is 1. The summed E-state index contributed by atoms with van der Waals surface area (Å²) in [6.45, 7) is 2.99. The number of halogens is 4. The summed E-state index contributed by atoms with van der Waals surface area (Å²) in [7, 11) is 5.39. The Morgan fingerprint density at radius 2 is 1.88 bits per heavy atom. The number of aryl methyl sites for hydroxylation is 1. The number of anilines is 1. The van der Waals surface area contributed by atoms with E-state index >= 15 is 0 Å². The summed E-state index contributed by atoms with van der Waals surface area (Å²) in [5.74, 6) is 0.0726. The first kappa shape index (κ1) is 25.9. The van der Waals surface area contributed by atoms with E-state index in [4.69, 9.17) is 4.74 Å². The van der Waals surface area contributed by atoms with Crippen LogP contribution in [-0.4, -0.2) is 50.1 Å². The van der Waals surface area contributed by atoms with Crippen LogP contribution in [0.4, 0.5) is 18.3 Å². The zero-order valence-corrected chi connectivity index (χ0v) is 19.8. The van der Waals surface area contributed by atoms with Crippen LogP contribution in [0.15, 0.2) is 36.4 Å². The van der Waals surface area contributed by atoms with Crippen LogP contribution < -0.4 is 9.64 Å². The van der Waals surface area contributed by atoms with Crippen molar-refractivity contribution in [2.24, 2.45) is 0 Å². The lowest BCUT2D eigenvalue weighted by Gasteiger charge is -2.21. The van der Waals surface area contributed by atoms with E-state index in [1.807, 2.05) is 38.1 Å². The Bertz CT molecular complexity index is 1090. The molecule has 0 unspecified atom stereocenters. The summed E-state index contributed by atoms with van der Waals surface area (Å²) in [4.78, 5) is 21.4. The summed E-state index contributed by atoms with van der Waals surface area (Å²) in [6, 6.07) is 8.22. The van der Waals surface area contributed by atoms with Crippen molar-refractivity contribution in [1.29, 1.82) is 0 Å². The molecule has 0 radical (unpaired) electrons. The maximum absolute atomic E-state index is 13.3. The first-order chi connectivity index (χ1) is 14.6. The van der Waals surface area contributed by atoms with Gasteiger partial charge in [-0.05, 0) is 63.8 Å². The predicted octanol–water partition coefficient (Wildman–Crippen LogP) is 5.65. The van der Waals surface area contributed by atoms with E-state index in [0.29, 0.717) is 29.4 Å². The predicted molar refractivity (Wildman–Crippen MR) is 124 cm³/mol. The van der Waals surface area contributed by atoms with Gasteiger partial charge in [0.05, 0.1) is 17.4 Å². The molecule has 0 aliphatic rings. The summed E-state index contributed by atoms with van der Waals surface area (Å²) in [6.07, 6.45) is -3.88. The molecule has 10 heteroatoms. The average molecular weight is 488 g/mol. The van der Waals surface area contributed by atoms with Gasteiger partial charge in [0.2, 0.25) is 0 Å². The van der Waals surface area contributed by atoms with Gasteiger partial charge in [0.15, 0.2) is 5.13 Å². The van der Waals surface area contributed by atoms with Gasteiger partial charge in [-0.3, -0.25) is 9.69 Å². The van der Waals surface area contributed by atoms with Crippen molar-refractivity contribution in [2.75, 3.05) is 39.2 Å². The molecule has 5 nitrogen and oxygen atoms in total. The maximum atomic E-state index is 13.3. The normalized spacial score (nSPS) is 11.5. The topological polar surface area (TPSA) is 45.7 Å². The number of amides is 1. The van der Waals surface area contributed by atoms with Crippen LogP contribution in [0, 0.1) is 6.92 Å². The molecule has 32 heavy (non-hydrogen) atoms. The molecule has 174 valence electrons. The van der Waals surface area contributed by atoms with Gasteiger partial charge >= 0.3 is 6.18 Å². The van der Waals surface area contributed by atoms with Gasteiger partial charge in [-0.2, -0.15) is 13.2 Å². The van der Waals surface area contributed by atoms with Gasteiger partial charge in [0, 0.05) is 12.1 Å². The van der Waals surface area contributed by atoms with Gasteiger partial charge in [-0.1, -0.05) is 23.5 Å². The van der Waals surface area contributed by atoms with E-state index in [1.165, 1.54) is 28.4 Å². The molecular formula is C22H25ClF3N3O2S. The molecule has 2 aromatic carbocycles. The van der Waals surface area contributed by atoms with Gasteiger partial charge in [-0.25, -0.2) is 4.98 Å². The highest BCUT2D eigenvalue weighted by molar-refractivity contribution is 7.22. The average Bonchev–Trinajstić information content (AvgIpc) is 3.16. The first-order valence-corrected chi connectivity index (χ1v) is 10.5. The number of thiazole rings is 1. The third-order valence-electron chi connectivity index (χ3n) is 4.81. The van der Waals surface area contributed by atoms with Crippen LogP contribution in [-0.2, 0) is 6.18 Å². The van der Waals surface area contributed by atoms with Crippen LogP contribution in [0.1, 0.15) is 27.9 Å². The monoisotopic (exact) mass is 487 g/mol. The van der Waals surface area contributed by atoms with Crippen molar-refractivity contribution in [3.05, 3.63) is 53.1 Å². The zero-order chi connectivity index (χ0) is 22.8. The van der Waals surface area contributed by atoms with Crippen molar-refractivity contribution < 1.29 is 22.7 Å². The van der Waals surface area contributed by atoms with Crippen molar-refractivity contribution >= 4 is 45.0 Å². The molecule has 0 aliphatic carbocycles. The number of carbonyl (C=O) groups is 1. The number of alkyl halides is 3. The lowest BCUT2D eigenvalue weighted by atomic mass is 10.1. The second-order valence-electron chi connectivity index (χ2n) is 7.45. The third-order valence-corrected chi connectivity index (χ3v) is 6.03. The molecule has 0 saturated heterocycles. The fourth-order valence-corrected chi connectivity index (χ4v) is 4.27. The molecule has 1 aromatic heterocycles. The smallest absolute Gasteiger partial charge is 0.416 e. The summed E-state index contributed by atoms with van der Waals surface area (Å²) >= 11 is 1.33. The van der Waals surface area contributed by atoms with Gasteiger partial charge in [0.25, 0.3) is 5.91 Å². The zero-order valence-electron chi connectivity index (χ0n) is 18.2. The number of aromatic nitrogens is 1. The quantitative estimate of drug-likeness (QED) is 0.432. The Morgan fingerprint density at radius 1 is 1.16 bits per heavy atom. The van der Waals surface area contributed by atoms with Gasteiger partial charge in [-0.15, -0.1) is 12.4 Å². The summed E-state index contributed by atoms with van der Waals surface area (Å²) < 4.78 is 45.8. The third kappa shape index (κ3) is 5.70. The molecule has 3 aromatic rings. The second kappa shape index (κ2) is 10.5. The minimum Gasteiger partial charge on any atom is -0.494 e. The highest BCUT2D eigenvalue weighted by Gasteiger charge is 2.32. The standard InChI is InChI=1S/C22H24F3N3O2S.ClH/c1-14-9-10-17(30-4)18-19(14)31-21(26-18)28(12-6-11-27(2)3)20(29)15-7-5-8-16(13-15)22(23,24)25;/h5,7-10,13H,6,11-12H2,1-4H3;1H. The minimum absolute atomic E-state index is 0. The second-order valence-corrected chi connectivity index (χ2v) is 8.43. The van der Waals surface area contributed by atoms with Crippen molar-refractivity contribution in [3.8, 4) is 5.75 Å². The number of carbonyl (C=O) groups excluding carboxylic acids is 1. The summed E-state index contributed by atoms with van der Waals surface area (Å²) in [5, 5.41) is 0.434. The van der Waals surface area contributed by atoms with E-state index in [9.17, 15) is 18.0 Å². The fourth-order valence-electron chi connectivity index (χ4n) is 3.19. The molecule has 3 rings (SSSR count). The van der Waals surface area contributed by atoms with Crippen LogP contribution >= 0.6 is 23.7 Å². The first-order valence-electron chi connectivity index (χ1n) is 9.70. The number of nitrogens with zero attached hydrogens (tertiary/aromatic N) is 3. The lowest BCUT2D eigenvalue weighted by Crippen LogP contribution is -2.33. The number of ether oxygens (including phenoxy) is 1. The number of hydrogen-bond acceptors (Lipinski definition) is 5. The fraction of sp³-hybridized carbons (Fsp3) is 0.364. The van der Waals surface area contributed by atoms with Crippen molar-refractivity contribution in [1.82, 2.24) is 9.88 Å². The van der Waals surface area contributed by atoms with Crippen molar-refractivity contribution in [2.45, 2.75) is 19.5 Å². The van der Waals surface area contributed by atoms with E-state index < -0.39 is 17.6 Å². The molecular weight excluding hydrogens is 463 g/mol. The Morgan fingerprint density at radius 3 is 2.50 bits per heavy atom. The van der Waals surface area contributed by atoms with E-state index in [1.54, 1.807) is 7.11 Å². The Hall–Kier alpha value is -2.36. The number of benzene rings is 2. The molecule has 0 atom stereocenters. The lowest BCUT2D eigenvalue weighted by molar-refractivity contribution is -0.137. The van der Waals surface area contributed by atoms with Crippen LogP contribution in [0.3, 0.4) is 0 Å². The Labute approximate surface area is 195 Å². The largest absolute Gasteiger partial charge is 0.494 e. The highest BCUT2D eigenvalue weighted by Crippen LogP contribution is 2.37. The van der Waals surface area contributed by atoms with E-state index in [0.717, 1.165) is 28.9 Å². The molecule has 1 heterocycles. The number of hydrogen-bond donors (Lipinski definition) is 0. The molecule has 0 spiro atoms. The van der Waals surface area contributed by atoms with Gasteiger partial charge < -0.3 is 9.64 Å². The number of rotatable bonds is 7. The summed E-state index contributed by atoms with van der Waals surface area (Å²) in [5.41, 5.74) is 0.743. The van der Waals surface area contributed by atoms with Crippen molar-refractivity contribution in [3.63, 3.8) is 0 Å². The highest BCUT2D eigenvalue weighted by atomic mass is 35.5. The van der Waals surface area contributed by atoms with Crippen LogP contribution in [0.25, 0.3) is 10.2 Å². The van der Waals surface area contributed by atoms with Crippen LogP contribution in [0.2, 0.25) is 0 Å². The molecule has 1 amide bonds. The number of fused-ring (bicyclic) bond motifs is 1. The van der Waals surface area contributed by atoms with E-state index in [2.05, 4.69) is 4.98 Å². The molecule has 0 N–H and O–H groups in total. The van der Waals surface area contributed by atoms with Gasteiger partial charge in [0.1, 0.15) is 11.3 Å². The maximum Gasteiger partial charge on any atom is 0.416 e. The molecule has 0 fully saturated rings. The Kier molecular flexibility index (Phi) is 8.50. The molecule has 0 bridgehead atoms. The van der Waals surface area contributed by atoms with Crippen LogP contribution in [0.5, 0.6) is 5.75 Å². The minimum atomic E-state index is -4.52. The molecule has 0 saturated carbocycles. The molecule has 0 aliphatic heterocycles. The van der Waals surface area contributed by atoms with E-state index in [-0.39, 0.29) is 18.0 Å². The Balaban J connectivity index is 0.00000363.